The fourth-order valence-electron chi connectivity index (χ4n) is 4.87. The van der Waals surface area contributed by atoms with Crippen LogP contribution in [0.1, 0.15) is 51.6 Å². The summed E-state index contributed by atoms with van der Waals surface area (Å²) < 4.78 is 9.36. The van der Waals surface area contributed by atoms with Crippen molar-refractivity contribution in [1.82, 2.24) is 25.0 Å². The van der Waals surface area contributed by atoms with Gasteiger partial charge in [-0.1, -0.05) is 0 Å². The van der Waals surface area contributed by atoms with Gasteiger partial charge in [-0.2, -0.15) is 5.10 Å². The van der Waals surface area contributed by atoms with Crippen molar-refractivity contribution in [2.45, 2.75) is 56.7 Å². The molecule has 1 atom stereocenters. The molecule has 5 rings (SSSR count). The molecule has 0 aliphatic carbocycles. The molecule has 3 aliphatic heterocycles. The first kappa shape index (κ1) is 19.0. The van der Waals surface area contributed by atoms with Crippen molar-refractivity contribution in [2.24, 2.45) is 7.05 Å². The van der Waals surface area contributed by atoms with Gasteiger partial charge in [-0.05, 0) is 50.4 Å². The van der Waals surface area contributed by atoms with Crippen molar-refractivity contribution in [2.75, 3.05) is 19.7 Å². The number of amides is 1. The topological polar surface area (TPSA) is 90.2 Å². The molecule has 8 nitrogen and oxygen atoms in total. The zero-order chi connectivity index (χ0) is 20.0. The highest BCUT2D eigenvalue weighted by atomic mass is 32.1. The van der Waals surface area contributed by atoms with Gasteiger partial charge >= 0.3 is 5.69 Å². The molecule has 0 radical (unpaired) electrons. The van der Waals surface area contributed by atoms with Gasteiger partial charge in [-0.25, -0.2) is 9.48 Å². The fraction of sp³-hybridized carbons (Fsp3) is 0.650. The van der Waals surface area contributed by atoms with Crippen molar-refractivity contribution in [1.29, 1.82) is 0 Å². The summed E-state index contributed by atoms with van der Waals surface area (Å²) in [5.74, 6) is 0.803. The minimum atomic E-state index is -0.217. The Kier molecular flexibility index (Phi) is 4.84. The van der Waals surface area contributed by atoms with E-state index in [1.165, 1.54) is 15.1 Å². The number of carbonyl (C=O) groups excluding carboxylic acids is 1. The summed E-state index contributed by atoms with van der Waals surface area (Å²) >= 11 is 1.61. The van der Waals surface area contributed by atoms with Crippen LogP contribution in [0.4, 0.5) is 0 Å². The molecule has 0 aromatic carbocycles. The number of hydrogen-bond donors (Lipinski definition) is 2. The maximum absolute atomic E-state index is 13.0. The number of nitrogens with one attached hydrogen (secondary N) is 2. The lowest BCUT2D eigenvalue weighted by Crippen LogP contribution is -2.44. The summed E-state index contributed by atoms with van der Waals surface area (Å²) in [6.45, 7) is 3.23. The number of fused-ring (bicyclic) bond motifs is 3. The van der Waals surface area contributed by atoms with Crippen molar-refractivity contribution >= 4 is 17.2 Å². The van der Waals surface area contributed by atoms with Crippen molar-refractivity contribution in [3.63, 3.8) is 0 Å². The second-order valence-corrected chi connectivity index (χ2v) is 9.40. The number of nitrogens with zero attached hydrogens (tertiary/aromatic N) is 3. The number of ether oxygens (including phenoxy) is 1. The molecule has 0 saturated carbocycles. The van der Waals surface area contributed by atoms with E-state index in [0.29, 0.717) is 13.0 Å². The highest BCUT2D eigenvalue weighted by Crippen LogP contribution is 2.43. The maximum Gasteiger partial charge on any atom is 0.345 e. The van der Waals surface area contributed by atoms with E-state index < -0.39 is 0 Å². The Balaban J connectivity index is 1.30. The van der Waals surface area contributed by atoms with E-state index in [9.17, 15) is 9.59 Å². The van der Waals surface area contributed by atoms with Gasteiger partial charge in [-0.15, -0.1) is 11.3 Å². The third-order valence-electron chi connectivity index (χ3n) is 6.48. The maximum atomic E-state index is 13.0. The zero-order valence-electron chi connectivity index (χ0n) is 16.7. The lowest BCUT2D eigenvalue weighted by molar-refractivity contribution is -0.0792. The Bertz CT molecular complexity index is 985. The van der Waals surface area contributed by atoms with Crippen LogP contribution in [0.15, 0.2) is 10.9 Å². The predicted octanol–water partition coefficient (Wildman–Crippen LogP) is 0.930. The fourth-order valence-corrected chi connectivity index (χ4v) is 6.01. The number of carbonyl (C=O) groups is 1. The van der Waals surface area contributed by atoms with Crippen LogP contribution >= 0.6 is 11.3 Å². The summed E-state index contributed by atoms with van der Waals surface area (Å²) in [4.78, 5) is 27.2. The molecule has 2 N–H and O–H groups in total. The first-order valence-corrected chi connectivity index (χ1v) is 11.3. The molecule has 29 heavy (non-hydrogen) atoms. The molecule has 5 heterocycles. The van der Waals surface area contributed by atoms with E-state index >= 15 is 0 Å². The second kappa shape index (κ2) is 7.37. The average molecular weight is 418 g/mol. The van der Waals surface area contributed by atoms with Gasteiger partial charge in [-0.3, -0.25) is 9.36 Å². The summed E-state index contributed by atoms with van der Waals surface area (Å²) in [5, 5.41) is 10.9. The van der Waals surface area contributed by atoms with E-state index in [1.807, 2.05) is 0 Å². The molecular formula is C20H27N5O3S. The van der Waals surface area contributed by atoms with Crippen molar-refractivity contribution in [3.05, 3.63) is 37.7 Å². The number of thiophene rings is 1. The third kappa shape index (κ3) is 3.35. The summed E-state index contributed by atoms with van der Waals surface area (Å²) in [7, 11) is 1.68. The lowest BCUT2D eigenvalue weighted by atomic mass is 9.83. The Morgan fingerprint density at radius 3 is 3.00 bits per heavy atom. The molecule has 9 heteroatoms. The number of piperidine rings is 1. The Morgan fingerprint density at radius 2 is 2.17 bits per heavy atom. The number of aryl methyl sites for hydroxylation is 2. The van der Waals surface area contributed by atoms with Crippen molar-refractivity contribution in [3.8, 4) is 0 Å². The first-order valence-electron chi connectivity index (χ1n) is 10.5. The molecule has 2 aromatic heterocycles. The second-order valence-electron chi connectivity index (χ2n) is 8.26. The first-order chi connectivity index (χ1) is 14.1. The number of rotatable bonds is 2. The number of aromatic nitrogens is 3. The highest BCUT2D eigenvalue weighted by molar-refractivity contribution is 7.14. The highest BCUT2D eigenvalue weighted by Gasteiger charge is 2.40. The van der Waals surface area contributed by atoms with Gasteiger partial charge in [0.25, 0.3) is 5.91 Å². The van der Waals surface area contributed by atoms with Crippen LogP contribution in [-0.4, -0.2) is 46.0 Å². The van der Waals surface area contributed by atoms with Crippen LogP contribution < -0.4 is 16.3 Å². The van der Waals surface area contributed by atoms with Gasteiger partial charge in [0, 0.05) is 37.4 Å². The van der Waals surface area contributed by atoms with Gasteiger partial charge in [0.05, 0.1) is 17.1 Å². The van der Waals surface area contributed by atoms with Crippen LogP contribution in [0.5, 0.6) is 0 Å². The molecule has 156 valence electrons. The zero-order valence-corrected chi connectivity index (χ0v) is 17.5. The van der Waals surface area contributed by atoms with Crippen LogP contribution in [0, 0.1) is 0 Å². The molecule has 2 aromatic rings. The average Bonchev–Trinajstić information content (AvgIpc) is 3.21. The summed E-state index contributed by atoms with van der Waals surface area (Å²) in [6, 6.07) is 2.12. The van der Waals surface area contributed by atoms with E-state index in [1.54, 1.807) is 23.0 Å². The Labute approximate surface area is 173 Å². The van der Waals surface area contributed by atoms with Gasteiger partial charge < -0.3 is 15.4 Å². The summed E-state index contributed by atoms with van der Waals surface area (Å²) in [5.41, 5.74) is 0.931. The molecule has 3 aliphatic rings. The molecule has 1 amide bonds. The summed E-state index contributed by atoms with van der Waals surface area (Å²) in [6.07, 6.45) is 5.05. The van der Waals surface area contributed by atoms with E-state index in [0.717, 1.165) is 62.5 Å². The van der Waals surface area contributed by atoms with Gasteiger partial charge in [0.15, 0.2) is 0 Å². The van der Waals surface area contributed by atoms with E-state index in [4.69, 9.17) is 4.74 Å². The third-order valence-corrected chi connectivity index (χ3v) is 7.67. The van der Waals surface area contributed by atoms with Gasteiger partial charge in [0.2, 0.25) is 0 Å². The molecule has 0 bridgehead atoms. The largest absolute Gasteiger partial charge is 0.370 e. The van der Waals surface area contributed by atoms with Crippen LogP contribution in [0.25, 0.3) is 0 Å². The Hall–Kier alpha value is -1.97. The van der Waals surface area contributed by atoms with E-state index in [-0.39, 0.29) is 23.2 Å². The van der Waals surface area contributed by atoms with Crippen molar-refractivity contribution < 1.29 is 9.53 Å². The van der Waals surface area contributed by atoms with Gasteiger partial charge in [0.1, 0.15) is 5.82 Å². The quantitative estimate of drug-likeness (QED) is 0.759. The predicted molar refractivity (Wildman–Crippen MR) is 109 cm³/mol. The van der Waals surface area contributed by atoms with Crippen LogP contribution in [-0.2, 0) is 36.8 Å². The van der Waals surface area contributed by atoms with E-state index in [2.05, 4.69) is 21.8 Å². The minimum absolute atomic E-state index is 0.00840. The monoisotopic (exact) mass is 417 g/mol. The SMILES string of the molecule is Cn1nc2n(c1=O)CCC(NC(=O)c1cc3c(s1)CCOC31CCNCC1)CC2. The molecule has 1 saturated heterocycles. The Morgan fingerprint density at radius 1 is 1.34 bits per heavy atom. The number of hydrogen-bond acceptors (Lipinski definition) is 6. The molecule has 1 spiro atoms. The smallest absolute Gasteiger partial charge is 0.345 e. The molecule has 1 fully saturated rings. The molecular weight excluding hydrogens is 390 g/mol. The minimum Gasteiger partial charge on any atom is -0.370 e. The van der Waals surface area contributed by atoms with Crippen LogP contribution in [0.3, 0.4) is 0 Å². The lowest BCUT2D eigenvalue weighted by Gasteiger charge is -2.40. The standard InChI is InChI=1S/C20H27N5O3S/c1-24-19(27)25-10-4-13(2-3-17(25)23-24)22-18(26)16-12-14-15(29-16)5-11-28-20(14)6-8-21-9-7-20/h12-13,21H,2-11H2,1H3,(H,22,26). The molecule has 1 unspecified atom stereocenters. The van der Waals surface area contributed by atoms with Crippen LogP contribution in [0.2, 0.25) is 0 Å². The normalized spacial score (nSPS) is 23.3.